The number of pyridine rings is 1. The molecule has 1 aromatic heterocycles. The zero-order chi connectivity index (χ0) is 22.5. The minimum absolute atomic E-state index is 0.475. The second kappa shape index (κ2) is 9.97. The summed E-state index contributed by atoms with van der Waals surface area (Å²) in [5, 5.41) is 1.80. The fourth-order valence-corrected chi connectivity index (χ4v) is 4.21. The standard InChI is InChI=1S/C30H28ClN/c1-21(2)29-10-5-4-8-24(29)13-11-22(3)26-9-6-7-23(19-26)12-17-28-18-15-25-14-16-27(31)20-30(25)32-28/h4-10,12,14-20,22H,1,11,13H2,2-3H3/b17-12+. The van der Waals surface area contributed by atoms with Crippen LogP contribution in [0.1, 0.15) is 54.1 Å². The zero-order valence-electron chi connectivity index (χ0n) is 18.7. The number of fused-ring (bicyclic) bond motifs is 1. The first kappa shape index (κ1) is 22.0. The van der Waals surface area contributed by atoms with Crippen molar-refractivity contribution in [3.8, 4) is 0 Å². The summed E-state index contributed by atoms with van der Waals surface area (Å²) in [5.74, 6) is 0.475. The van der Waals surface area contributed by atoms with Gasteiger partial charge in [-0.25, -0.2) is 4.98 Å². The number of nitrogens with zero attached hydrogens (tertiary/aromatic N) is 1. The Balaban J connectivity index is 1.47. The minimum atomic E-state index is 0.475. The van der Waals surface area contributed by atoms with E-state index in [1.165, 1.54) is 22.3 Å². The molecule has 0 aliphatic rings. The second-order valence-corrected chi connectivity index (χ2v) is 8.89. The largest absolute Gasteiger partial charge is 0.248 e. The van der Waals surface area contributed by atoms with Crippen molar-refractivity contribution in [2.45, 2.75) is 32.6 Å². The second-order valence-electron chi connectivity index (χ2n) is 8.45. The number of hydrogen-bond donors (Lipinski definition) is 0. The van der Waals surface area contributed by atoms with Crippen LogP contribution in [0.5, 0.6) is 0 Å². The molecule has 0 saturated carbocycles. The van der Waals surface area contributed by atoms with Crippen molar-refractivity contribution in [2.24, 2.45) is 0 Å². The van der Waals surface area contributed by atoms with E-state index in [1.807, 2.05) is 24.3 Å². The van der Waals surface area contributed by atoms with E-state index < -0.39 is 0 Å². The van der Waals surface area contributed by atoms with E-state index in [4.69, 9.17) is 16.6 Å². The molecule has 3 aromatic carbocycles. The number of allylic oxidation sites excluding steroid dienone is 1. The van der Waals surface area contributed by atoms with Crippen LogP contribution in [0.4, 0.5) is 0 Å². The average molecular weight is 438 g/mol. The lowest BCUT2D eigenvalue weighted by molar-refractivity contribution is 0.679. The number of aryl methyl sites for hydroxylation is 1. The van der Waals surface area contributed by atoms with E-state index in [2.05, 4.69) is 87.2 Å². The van der Waals surface area contributed by atoms with E-state index in [1.54, 1.807) is 0 Å². The third-order valence-corrected chi connectivity index (χ3v) is 6.16. The summed E-state index contributed by atoms with van der Waals surface area (Å²) in [5.41, 5.74) is 8.17. The fraction of sp³-hybridized carbons (Fsp3) is 0.167. The Hall–Kier alpha value is -3.16. The molecule has 0 aliphatic heterocycles. The van der Waals surface area contributed by atoms with Crippen LogP contribution in [0.25, 0.3) is 28.6 Å². The van der Waals surface area contributed by atoms with Gasteiger partial charge in [-0.15, -0.1) is 0 Å². The van der Waals surface area contributed by atoms with Crippen molar-refractivity contribution in [1.82, 2.24) is 4.98 Å². The molecule has 160 valence electrons. The average Bonchev–Trinajstić information content (AvgIpc) is 2.81. The van der Waals surface area contributed by atoms with Gasteiger partial charge in [0.1, 0.15) is 0 Å². The van der Waals surface area contributed by atoms with Crippen LogP contribution >= 0.6 is 11.6 Å². The van der Waals surface area contributed by atoms with E-state index in [0.29, 0.717) is 10.9 Å². The Labute approximate surface area is 196 Å². The molecule has 0 bridgehead atoms. The molecule has 1 unspecified atom stereocenters. The van der Waals surface area contributed by atoms with Gasteiger partial charge in [-0.2, -0.15) is 0 Å². The zero-order valence-corrected chi connectivity index (χ0v) is 19.4. The number of halogens is 1. The molecule has 1 nitrogen and oxygen atoms in total. The first-order chi connectivity index (χ1) is 15.5. The van der Waals surface area contributed by atoms with Crippen molar-refractivity contribution in [3.63, 3.8) is 0 Å². The van der Waals surface area contributed by atoms with E-state index in [-0.39, 0.29) is 0 Å². The van der Waals surface area contributed by atoms with Crippen LogP contribution < -0.4 is 0 Å². The Bertz CT molecular complexity index is 1290. The summed E-state index contributed by atoms with van der Waals surface area (Å²) < 4.78 is 0. The third-order valence-electron chi connectivity index (χ3n) is 5.93. The van der Waals surface area contributed by atoms with E-state index in [0.717, 1.165) is 35.0 Å². The molecule has 0 saturated heterocycles. The highest BCUT2D eigenvalue weighted by molar-refractivity contribution is 6.31. The molecular weight excluding hydrogens is 410 g/mol. The molecule has 2 heteroatoms. The van der Waals surface area contributed by atoms with E-state index >= 15 is 0 Å². The molecule has 1 heterocycles. The van der Waals surface area contributed by atoms with Gasteiger partial charge in [0.05, 0.1) is 11.2 Å². The van der Waals surface area contributed by atoms with Crippen LogP contribution in [-0.4, -0.2) is 4.98 Å². The number of rotatable bonds is 7. The van der Waals surface area contributed by atoms with Gasteiger partial charge in [0.25, 0.3) is 0 Å². The number of hydrogen-bond acceptors (Lipinski definition) is 1. The molecule has 4 aromatic rings. The summed E-state index contributed by atoms with van der Waals surface area (Å²) in [6.07, 6.45) is 6.34. The van der Waals surface area contributed by atoms with Gasteiger partial charge < -0.3 is 0 Å². The SMILES string of the molecule is C=C(C)c1ccccc1CCC(C)c1cccc(/C=C/c2ccc3ccc(Cl)cc3n2)c1. The molecule has 4 rings (SSSR count). The van der Waals surface area contributed by atoms with Crippen LogP contribution in [-0.2, 0) is 6.42 Å². The van der Waals surface area contributed by atoms with Crippen molar-refractivity contribution < 1.29 is 0 Å². The first-order valence-corrected chi connectivity index (χ1v) is 11.5. The van der Waals surface area contributed by atoms with E-state index in [9.17, 15) is 0 Å². The first-order valence-electron chi connectivity index (χ1n) is 11.1. The Morgan fingerprint density at radius 3 is 2.62 bits per heavy atom. The highest BCUT2D eigenvalue weighted by atomic mass is 35.5. The molecule has 0 spiro atoms. The Kier molecular flexibility index (Phi) is 6.87. The van der Waals surface area contributed by atoms with Gasteiger partial charge in [-0.1, -0.05) is 97.4 Å². The quantitative estimate of drug-likeness (QED) is 0.281. The molecular formula is C30H28ClN. The lowest BCUT2D eigenvalue weighted by Gasteiger charge is -2.15. The maximum Gasteiger partial charge on any atom is 0.0724 e. The van der Waals surface area contributed by atoms with Gasteiger partial charge in [-0.05, 0) is 72.2 Å². The predicted molar refractivity (Wildman–Crippen MR) is 140 cm³/mol. The van der Waals surface area contributed by atoms with Crippen molar-refractivity contribution in [1.29, 1.82) is 0 Å². The third kappa shape index (κ3) is 5.36. The Morgan fingerprint density at radius 2 is 1.78 bits per heavy atom. The van der Waals surface area contributed by atoms with Crippen LogP contribution in [0, 0.1) is 0 Å². The summed E-state index contributed by atoms with van der Waals surface area (Å²) in [4.78, 5) is 4.72. The highest BCUT2D eigenvalue weighted by Crippen LogP contribution is 2.26. The molecule has 0 amide bonds. The summed E-state index contributed by atoms with van der Waals surface area (Å²) in [6.45, 7) is 8.52. The topological polar surface area (TPSA) is 12.9 Å². The molecule has 0 radical (unpaired) electrons. The molecule has 1 atom stereocenters. The van der Waals surface area contributed by atoms with Crippen LogP contribution in [0.3, 0.4) is 0 Å². The molecule has 0 aliphatic carbocycles. The van der Waals surface area contributed by atoms with Crippen LogP contribution in [0.2, 0.25) is 5.02 Å². The van der Waals surface area contributed by atoms with Crippen molar-refractivity contribution >= 4 is 40.2 Å². The molecule has 0 N–H and O–H groups in total. The van der Waals surface area contributed by atoms with Crippen molar-refractivity contribution in [2.75, 3.05) is 0 Å². The lowest BCUT2D eigenvalue weighted by Crippen LogP contribution is -1.99. The smallest absolute Gasteiger partial charge is 0.0724 e. The minimum Gasteiger partial charge on any atom is -0.248 e. The van der Waals surface area contributed by atoms with Crippen molar-refractivity contribution in [3.05, 3.63) is 118 Å². The molecule has 32 heavy (non-hydrogen) atoms. The van der Waals surface area contributed by atoms with Gasteiger partial charge >= 0.3 is 0 Å². The summed E-state index contributed by atoms with van der Waals surface area (Å²) in [7, 11) is 0. The van der Waals surface area contributed by atoms with Gasteiger partial charge in [-0.3, -0.25) is 0 Å². The maximum absolute atomic E-state index is 6.12. The maximum atomic E-state index is 6.12. The van der Waals surface area contributed by atoms with Crippen LogP contribution in [0.15, 0.2) is 85.4 Å². The van der Waals surface area contributed by atoms with Gasteiger partial charge in [0.2, 0.25) is 0 Å². The molecule has 0 fully saturated rings. The fourth-order valence-electron chi connectivity index (χ4n) is 4.04. The highest BCUT2D eigenvalue weighted by Gasteiger charge is 2.09. The van der Waals surface area contributed by atoms with Gasteiger partial charge in [0.15, 0.2) is 0 Å². The Morgan fingerprint density at radius 1 is 0.969 bits per heavy atom. The monoisotopic (exact) mass is 437 g/mol. The summed E-state index contributed by atoms with van der Waals surface area (Å²) in [6, 6.07) is 27.3. The normalized spacial score (nSPS) is 12.3. The lowest BCUT2D eigenvalue weighted by atomic mass is 9.90. The predicted octanol–water partition coefficient (Wildman–Crippen LogP) is 8.83. The van der Waals surface area contributed by atoms with Gasteiger partial charge in [0, 0.05) is 10.4 Å². The summed E-state index contributed by atoms with van der Waals surface area (Å²) >= 11 is 6.12. The number of aromatic nitrogens is 1. The number of benzene rings is 3.